The van der Waals surface area contributed by atoms with Gasteiger partial charge in [-0.2, -0.15) is 11.3 Å². The predicted octanol–water partition coefficient (Wildman–Crippen LogP) is 3.36. The fourth-order valence-electron chi connectivity index (χ4n) is 1.32. The number of aryl methyl sites for hydroxylation is 1. The molecule has 2 heterocycles. The number of thiophene rings is 1. The summed E-state index contributed by atoms with van der Waals surface area (Å²) in [6.45, 7) is 5.17. The molecule has 1 unspecified atom stereocenters. The first kappa shape index (κ1) is 10.8. The summed E-state index contributed by atoms with van der Waals surface area (Å²) < 4.78 is 0. The summed E-state index contributed by atoms with van der Waals surface area (Å²) in [5.74, 6) is 0. The number of nitrogens with one attached hydrogen (secondary N) is 1. The van der Waals surface area contributed by atoms with Gasteiger partial charge in [-0.25, -0.2) is 4.98 Å². The standard InChI is InChI=1S/C11H14N2S2/c1-8-5-13-11(15-8)9(2)12-6-10-3-4-14-7-10/h3-5,7,9,12H,6H2,1-2H3. The van der Waals surface area contributed by atoms with Gasteiger partial charge in [-0.15, -0.1) is 11.3 Å². The third-order valence-corrected chi connectivity index (χ3v) is 4.03. The van der Waals surface area contributed by atoms with Crippen LogP contribution < -0.4 is 5.32 Å². The maximum atomic E-state index is 4.37. The molecule has 2 rings (SSSR count). The van der Waals surface area contributed by atoms with E-state index in [1.165, 1.54) is 15.4 Å². The minimum absolute atomic E-state index is 0.337. The van der Waals surface area contributed by atoms with Gasteiger partial charge in [0.15, 0.2) is 0 Å². The van der Waals surface area contributed by atoms with Crippen molar-refractivity contribution >= 4 is 22.7 Å². The van der Waals surface area contributed by atoms with E-state index < -0.39 is 0 Å². The van der Waals surface area contributed by atoms with Gasteiger partial charge in [0.05, 0.1) is 6.04 Å². The molecule has 0 radical (unpaired) electrons. The summed E-state index contributed by atoms with van der Waals surface area (Å²) in [6, 6.07) is 2.49. The van der Waals surface area contributed by atoms with E-state index in [-0.39, 0.29) is 0 Å². The van der Waals surface area contributed by atoms with Crippen LogP contribution in [-0.2, 0) is 6.54 Å². The Kier molecular flexibility index (Phi) is 3.51. The quantitative estimate of drug-likeness (QED) is 0.883. The van der Waals surface area contributed by atoms with Gasteiger partial charge in [-0.05, 0) is 36.2 Å². The van der Waals surface area contributed by atoms with Crippen LogP contribution in [0.5, 0.6) is 0 Å². The van der Waals surface area contributed by atoms with Gasteiger partial charge in [0.2, 0.25) is 0 Å². The molecule has 2 aromatic heterocycles. The molecular formula is C11H14N2S2. The summed E-state index contributed by atoms with van der Waals surface area (Å²) >= 11 is 3.50. The summed E-state index contributed by atoms with van der Waals surface area (Å²) in [6.07, 6.45) is 1.93. The number of nitrogens with zero attached hydrogens (tertiary/aromatic N) is 1. The predicted molar refractivity (Wildman–Crippen MR) is 66.4 cm³/mol. The highest BCUT2D eigenvalue weighted by Crippen LogP contribution is 2.19. The Hall–Kier alpha value is -0.710. The molecule has 0 amide bonds. The third kappa shape index (κ3) is 2.87. The monoisotopic (exact) mass is 238 g/mol. The fraction of sp³-hybridized carbons (Fsp3) is 0.364. The molecule has 0 fully saturated rings. The molecule has 0 aromatic carbocycles. The van der Waals surface area contributed by atoms with Crippen LogP contribution in [0.3, 0.4) is 0 Å². The number of hydrogen-bond donors (Lipinski definition) is 1. The summed E-state index contributed by atoms with van der Waals surface area (Å²) in [5, 5.41) is 8.92. The molecule has 1 N–H and O–H groups in total. The maximum absolute atomic E-state index is 4.37. The zero-order valence-corrected chi connectivity index (χ0v) is 10.5. The van der Waals surface area contributed by atoms with Gasteiger partial charge in [-0.1, -0.05) is 0 Å². The van der Waals surface area contributed by atoms with Gasteiger partial charge in [0.1, 0.15) is 5.01 Å². The van der Waals surface area contributed by atoms with E-state index in [2.05, 4.69) is 41.0 Å². The van der Waals surface area contributed by atoms with Crippen molar-refractivity contribution in [2.24, 2.45) is 0 Å². The van der Waals surface area contributed by atoms with Crippen LogP contribution in [-0.4, -0.2) is 4.98 Å². The Labute approximate surface area is 98.0 Å². The summed E-state index contributed by atoms with van der Waals surface area (Å²) in [7, 11) is 0. The first-order valence-corrected chi connectivity index (χ1v) is 6.68. The van der Waals surface area contributed by atoms with Crippen molar-refractivity contribution in [2.45, 2.75) is 26.4 Å². The first-order chi connectivity index (χ1) is 7.25. The highest BCUT2D eigenvalue weighted by atomic mass is 32.1. The van der Waals surface area contributed by atoms with Crippen molar-refractivity contribution in [3.8, 4) is 0 Å². The lowest BCUT2D eigenvalue weighted by Crippen LogP contribution is -2.17. The molecule has 1 atom stereocenters. The molecule has 80 valence electrons. The van der Waals surface area contributed by atoms with Crippen LogP contribution in [0, 0.1) is 6.92 Å². The zero-order valence-electron chi connectivity index (χ0n) is 8.86. The van der Waals surface area contributed by atoms with E-state index in [9.17, 15) is 0 Å². The van der Waals surface area contributed by atoms with Gasteiger partial charge in [-0.3, -0.25) is 0 Å². The van der Waals surface area contributed by atoms with Crippen molar-refractivity contribution in [2.75, 3.05) is 0 Å². The normalized spacial score (nSPS) is 12.9. The molecule has 15 heavy (non-hydrogen) atoms. The Morgan fingerprint density at radius 2 is 2.40 bits per heavy atom. The van der Waals surface area contributed by atoms with Gasteiger partial charge >= 0.3 is 0 Å². The van der Waals surface area contributed by atoms with Crippen LogP contribution in [0.2, 0.25) is 0 Å². The molecule has 4 heteroatoms. The Morgan fingerprint density at radius 1 is 1.53 bits per heavy atom. The molecule has 0 bridgehead atoms. The second-order valence-corrected chi connectivity index (χ2v) is 5.59. The minimum Gasteiger partial charge on any atom is -0.304 e. The minimum atomic E-state index is 0.337. The molecule has 2 nitrogen and oxygen atoms in total. The van der Waals surface area contributed by atoms with Crippen LogP contribution in [0.4, 0.5) is 0 Å². The van der Waals surface area contributed by atoms with Gasteiger partial charge in [0.25, 0.3) is 0 Å². The van der Waals surface area contributed by atoms with Crippen molar-refractivity contribution in [1.29, 1.82) is 0 Å². The Balaban J connectivity index is 1.90. The summed E-state index contributed by atoms with van der Waals surface area (Å²) in [5.41, 5.74) is 1.35. The van der Waals surface area contributed by atoms with Crippen LogP contribution in [0.25, 0.3) is 0 Å². The molecular weight excluding hydrogens is 224 g/mol. The van der Waals surface area contributed by atoms with E-state index in [0.29, 0.717) is 6.04 Å². The van der Waals surface area contributed by atoms with Gasteiger partial charge < -0.3 is 5.32 Å². The Morgan fingerprint density at radius 3 is 3.00 bits per heavy atom. The highest BCUT2D eigenvalue weighted by molar-refractivity contribution is 7.11. The summed E-state index contributed by atoms with van der Waals surface area (Å²) in [4.78, 5) is 5.65. The van der Waals surface area contributed by atoms with E-state index in [1.807, 2.05) is 6.20 Å². The lowest BCUT2D eigenvalue weighted by atomic mass is 10.3. The van der Waals surface area contributed by atoms with Crippen LogP contribution in [0.15, 0.2) is 23.0 Å². The smallest absolute Gasteiger partial charge is 0.109 e. The number of thiazole rings is 1. The van der Waals surface area contributed by atoms with Crippen molar-refractivity contribution < 1.29 is 0 Å². The highest BCUT2D eigenvalue weighted by Gasteiger charge is 2.08. The zero-order chi connectivity index (χ0) is 10.7. The van der Waals surface area contributed by atoms with E-state index in [0.717, 1.165) is 6.54 Å². The first-order valence-electron chi connectivity index (χ1n) is 4.92. The Bertz CT molecular complexity index is 406. The van der Waals surface area contributed by atoms with Crippen molar-refractivity contribution in [3.63, 3.8) is 0 Å². The number of hydrogen-bond acceptors (Lipinski definition) is 4. The van der Waals surface area contributed by atoms with Crippen LogP contribution >= 0.6 is 22.7 Å². The fourth-order valence-corrected chi connectivity index (χ4v) is 2.79. The SMILES string of the molecule is Cc1cnc(C(C)NCc2ccsc2)s1. The van der Waals surface area contributed by atoms with E-state index in [1.54, 1.807) is 22.7 Å². The number of aromatic nitrogens is 1. The average molecular weight is 238 g/mol. The lowest BCUT2D eigenvalue weighted by molar-refractivity contribution is 0.572. The lowest BCUT2D eigenvalue weighted by Gasteiger charge is -2.09. The molecule has 0 aliphatic heterocycles. The molecule has 0 aliphatic carbocycles. The largest absolute Gasteiger partial charge is 0.304 e. The third-order valence-electron chi connectivity index (χ3n) is 2.20. The molecule has 2 aromatic rings. The van der Waals surface area contributed by atoms with E-state index >= 15 is 0 Å². The van der Waals surface area contributed by atoms with Crippen molar-refractivity contribution in [1.82, 2.24) is 10.3 Å². The molecule has 0 saturated heterocycles. The molecule has 0 saturated carbocycles. The second kappa shape index (κ2) is 4.88. The van der Waals surface area contributed by atoms with Crippen LogP contribution in [0.1, 0.15) is 28.4 Å². The average Bonchev–Trinajstić information content (AvgIpc) is 2.84. The van der Waals surface area contributed by atoms with E-state index in [4.69, 9.17) is 0 Å². The molecule has 0 spiro atoms. The molecule has 0 aliphatic rings. The second-order valence-electron chi connectivity index (χ2n) is 3.54. The topological polar surface area (TPSA) is 24.9 Å². The number of rotatable bonds is 4. The maximum Gasteiger partial charge on any atom is 0.109 e. The van der Waals surface area contributed by atoms with Gasteiger partial charge in [0, 0.05) is 17.6 Å². The van der Waals surface area contributed by atoms with Crippen molar-refractivity contribution in [3.05, 3.63) is 38.5 Å².